The second-order valence-corrected chi connectivity index (χ2v) is 6.32. The number of hydrogen-bond donors (Lipinski definition) is 1. The van der Waals surface area contributed by atoms with E-state index in [1.807, 2.05) is 20.8 Å². The number of nitrogens with one attached hydrogen (secondary N) is 1. The van der Waals surface area contributed by atoms with Crippen molar-refractivity contribution in [3.05, 3.63) is 35.6 Å². The Bertz CT molecular complexity index is 494. The molecule has 0 heterocycles. The fourth-order valence-electron chi connectivity index (χ4n) is 2.16. The Kier molecular flexibility index (Phi) is 6.06. The molecule has 0 saturated heterocycles. The maximum atomic E-state index is 12.9. The Morgan fingerprint density at radius 2 is 1.81 bits per heavy atom. The van der Waals surface area contributed by atoms with Gasteiger partial charge in [-0.15, -0.1) is 0 Å². The summed E-state index contributed by atoms with van der Waals surface area (Å²) in [5, 5.41) is 3.00. The Balaban J connectivity index is 2.56. The van der Waals surface area contributed by atoms with Gasteiger partial charge < -0.3 is 10.1 Å². The SMILES string of the molecule is CC(=O)CC[C@H](C)C(=O)NC(C)(C)Cc1ccc(F)cc1. The number of hydrogen-bond acceptors (Lipinski definition) is 2. The van der Waals surface area contributed by atoms with E-state index in [0.29, 0.717) is 19.3 Å². The second kappa shape index (κ2) is 7.34. The Hall–Kier alpha value is -1.71. The van der Waals surface area contributed by atoms with Gasteiger partial charge in [0.05, 0.1) is 0 Å². The van der Waals surface area contributed by atoms with Crippen LogP contribution in [0, 0.1) is 11.7 Å². The molecule has 116 valence electrons. The van der Waals surface area contributed by atoms with Gasteiger partial charge in [-0.1, -0.05) is 19.1 Å². The summed E-state index contributed by atoms with van der Waals surface area (Å²) in [5.41, 5.74) is 0.553. The van der Waals surface area contributed by atoms with Crippen LogP contribution in [-0.4, -0.2) is 17.2 Å². The van der Waals surface area contributed by atoms with Crippen LogP contribution in [0.4, 0.5) is 4.39 Å². The van der Waals surface area contributed by atoms with Crippen molar-refractivity contribution in [1.29, 1.82) is 0 Å². The number of benzene rings is 1. The molecule has 0 bridgehead atoms. The van der Waals surface area contributed by atoms with Crippen LogP contribution in [0.3, 0.4) is 0 Å². The number of amides is 1. The van der Waals surface area contributed by atoms with E-state index in [1.54, 1.807) is 12.1 Å². The zero-order valence-corrected chi connectivity index (χ0v) is 13.2. The van der Waals surface area contributed by atoms with E-state index in [4.69, 9.17) is 0 Å². The molecule has 0 aliphatic carbocycles. The minimum Gasteiger partial charge on any atom is -0.351 e. The summed E-state index contributed by atoms with van der Waals surface area (Å²) in [5.74, 6) is -0.413. The molecule has 1 N–H and O–H groups in total. The molecular weight excluding hydrogens is 269 g/mol. The largest absolute Gasteiger partial charge is 0.351 e. The molecule has 0 aliphatic rings. The van der Waals surface area contributed by atoms with Gasteiger partial charge in [-0.3, -0.25) is 4.79 Å². The van der Waals surface area contributed by atoms with Crippen molar-refractivity contribution >= 4 is 11.7 Å². The average Bonchev–Trinajstić information content (AvgIpc) is 2.37. The number of halogens is 1. The third kappa shape index (κ3) is 6.52. The third-order valence-electron chi connectivity index (χ3n) is 3.40. The van der Waals surface area contributed by atoms with Gasteiger partial charge in [-0.05, 0) is 51.3 Å². The lowest BCUT2D eigenvalue weighted by Gasteiger charge is -2.28. The van der Waals surface area contributed by atoms with Gasteiger partial charge in [0.2, 0.25) is 5.91 Å². The Morgan fingerprint density at radius 1 is 1.24 bits per heavy atom. The minimum absolute atomic E-state index is 0.0524. The highest BCUT2D eigenvalue weighted by Gasteiger charge is 2.24. The van der Waals surface area contributed by atoms with Crippen molar-refractivity contribution in [2.24, 2.45) is 5.92 Å². The molecule has 0 radical (unpaired) electrons. The van der Waals surface area contributed by atoms with E-state index in [2.05, 4.69) is 5.32 Å². The molecule has 0 aromatic heterocycles. The predicted octanol–water partition coefficient (Wildman–Crippen LogP) is 3.27. The van der Waals surface area contributed by atoms with Crippen LogP contribution in [0.5, 0.6) is 0 Å². The monoisotopic (exact) mass is 293 g/mol. The molecule has 21 heavy (non-hydrogen) atoms. The first-order valence-corrected chi connectivity index (χ1v) is 7.25. The smallest absolute Gasteiger partial charge is 0.223 e. The molecule has 1 aromatic carbocycles. The van der Waals surface area contributed by atoms with Gasteiger partial charge in [0.15, 0.2) is 0 Å². The third-order valence-corrected chi connectivity index (χ3v) is 3.40. The lowest BCUT2D eigenvalue weighted by molar-refractivity contribution is -0.126. The number of rotatable bonds is 7. The van der Waals surface area contributed by atoms with Crippen LogP contribution in [0.1, 0.15) is 46.1 Å². The van der Waals surface area contributed by atoms with Gasteiger partial charge in [-0.2, -0.15) is 0 Å². The van der Waals surface area contributed by atoms with Crippen LogP contribution >= 0.6 is 0 Å². The molecule has 0 unspecified atom stereocenters. The number of ketones is 1. The van der Waals surface area contributed by atoms with Gasteiger partial charge in [-0.25, -0.2) is 4.39 Å². The fraction of sp³-hybridized carbons (Fsp3) is 0.529. The lowest BCUT2D eigenvalue weighted by Crippen LogP contribution is -2.47. The summed E-state index contributed by atoms with van der Waals surface area (Å²) in [4.78, 5) is 23.1. The van der Waals surface area contributed by atoms with Gasteiger partial charge in [0.1, 0.15) is 11.6 Å². The van der Waals surface area contributed by atoms with Crippen LogP contribution in [0.2, 0.25) is 0 Å². The number of carbonyl (C=O) groups excluding carboxylic acids is 2. The van der Waals surface area contributed by atoms with Crippen LogP contribution < -0.4 is 5.32 Å². The van der Waals surface area contributed by atoms with Crippen LogP contribution in [0.25, 0.3) is 0 Å². The van der Waals surface area contributed by atoms with E-state index in [1.165, 1.54) is 19.1 Å². The zero-order valence-electron chi connectivity index (χ0n) is 13.2. The highest BCUT2D eigenvalue weighted by molar-refractivity contribution is 5.80. The average molecular weight is 293 g/mol. The second-order valence-electron chi connectivity index (χ2n) is 6.32. The van der Waals surface area contributed by atoms with E-state index < -0.39 is 5.54 Å². The Labute approximate surface area is 125 Å². The van der Waals surface area contributed by atoms with Crippen molar-refractivity contribution in [3.63, 3.8) is 0 Å². The summed E-state index contributed by atoms with van der Waals surface area (Å²) in [6, 6.07) is 6.29. The summed E-state index contributed by atoms with van der Waals surface area (Å²) >= 11 is 0. The number of Topliss-reactive ketones (excluding diaryl/α,β-unsaturated/α-hetero) is 1. The van der Waals surface area contributed by atoms with Gasteiger partial charge in [0.25, 0.3) is 0 Å². The zero-order chi connectivity index (χ0) is 16.0. The standard InChI is InChI=1S/C17H24FNO2/c1-12(5-6-13(2)20)16(21)19-17(3,4)11-14-7-9-15(18)10-8-14/h7-10,12H,5-6,11H2,1-4H3,(H,19,21)/t12-/m0/s1. The topological polar surface area (TPSA) is 46.2 Å². The van der Waals surface area contributed by atoms with Crippen molar-refractivity contribution in [1.82, 2.24) is 5.32 Å². The normalized spacial score (nSPS) is 12.8. The molecule has 1 aromatic rings. The maximum Gasteiger partial charge on any atom is 0.223 e. The summed E-state index contributed by atoms with van der Waals surface area (Å²) in [6.45, 7) is 7.23. The Morgan fingerprint density at radius 3 is 2.33 bits per heavy atom. The van der Waals surface area contributed by atoms with Gasteiger partial charge in [0, 0.05) is 17.9 Å². The molecule has 0 aliphatic heterocycles. The van der Waals surface area contributed by atoms with Crippen molar-refractivity contribution in [3.8, 4) is 0 Å². The molecular formula is C17H24FNO2. The molecule has 4 heteroatoms. The van der Waals surface area contributed by atoms with E-state index >= 15 is 0 Å². The van der Waals surface area contributed by atoms with Crippen LogP contribution in [-0.2, 0) is 16.0 Å². The molecule has 3 nitrogen and oxygen atoms in total. The highest BCUT2D eigenvalue weighted by atomic mass is 19.1. The lowest BCUT2D eigenvalue weighted by atomic mass is 9.93. The fourth-order valence-corrected chi connectivity index (χ4v) is 2.16. The molecule has 1 amide bonds. The van der Waals surface area contributed by atoms with E-state index in [-0.39, 0.29) is 23.4 Å². The quantitative estimate of drug-likeness (QED) is 0.838. The first kappa shape index (κ1) is 17.3. The number of carbonyl (C=O) groups is 2. The van der Waals surface area contributed by atoms with Crippen LogP contribution in [0.15, 0.2) is 24.3 Å². The summed E-state index contributed by atoms with van der Waals surface area (Å²) in [6.07, 6.45) is 1.61. The minimum atomic E-state index is -0.417. The molecule has 1 rings (SSSR count). The first-order chi connectivity index (χ1) is 9.69. The van der Waals surface area contributed by atoms with Gasteiger partial charge >= 0.3 is 0 Å². The maximum absolute atomic E-state index is 12.9. The van der Waals surface area contributed by atoms with Crippen molar-refractivity contribution < 1.29 is 14.0 Å². The molecule has 1 atom stereocenters. The predicted molar refractivity (Wildman–Crippen MR) is 81.4 cm³/mol. The summed E-state index contributed by atoms with van der Waals surface area (Å²) in [7, 11) is 0. The van der Waals surface area contributed by atoms with Crippen molar-refractivity contribution in [2.45, 2.75) is 52.5 Å². The molecule has 0 spiro atoms. The molecule has 0 fully saturated rings. The summed E-state index contributed by atoms with van der Waals surface area (Å²) < 4.78 is 12.9. The first-order valence-electron chi connectivity index (χ1n) is 7.25. The van der Waals surface area contributed by atoms with Crippen molar-refractivity contribution in [2.75, 3.05) is 0 Å². The van der Waals surface area contributed by atoms with E-state index in [9.17, 15) is 14.0 Å². The van der Waals surface area contributed by atoms with E-state index in [0.717, 1.165) is 5.56 Å². The molecule has 0 saturated carbocycles. The highest BCUT2D eigenvalue weighted by Crippen LogP contribution is 2.15.